The van der Waals surface area contributed by atoms with Crippen LogP contribution in [0.25, 0.3) is 9.75 Å². The normalized spacial score (nSPS) is 13.8. The zero-order valence-electron chi connectivity index (χ0n) is 20.3. The topological polar surface area (TPSA) is 26.3 Å². The molecule has 32 heavy (non-hydrogen) atoms. The van der Waals surface area contributed by atoms with E-state index in [4.69, 9.17) is 4.74 Å². The third kappa shape index (κ3) is 6.47. The fourth-order valence-electron chi connectivity index (χ4n) is 5.38. The Bertz CT molecular complexity index is 764. The standard InChI is InChI=1S/C28H42O2S2/c1-3-5-6-7-11-14-19-28(20-15-12-9-8-10-13-16-25(29)30-4-2)23-17-21-31-26(23)27-24(28)18-22-32-27/h17-18,21-22H,3-16,19-20H2,1-2H3. The van der Waals surface area contributed by atoms with Crippen LogP contribution in [0, 0.1) is 0 Å². The second-order valence-electron chi connectivity index (χ2n) is 9.35. The molecule has 0 N–H and O–H groups in total. The molecule has 3 rings (SSSR count). The van der Waals surface area contributed by atoms with Crippen molar-refractivity contribution in [3.63, 3.8) is 0 Å². The van der Waals surface area contributed by atoms with Crippen molar-refractivity contribution in [3.05, 3.63) is 34.0 Å². The molecule has 2 nitrogen and oxygen atoms in total. The van der Waals surface area contributed by atoms with Crippen LogP contribution in [-0.2, 0) is 14.9 Å². The first-order valence-electron chi connectivity index (χ1n) is 13.0. The molecule has 178 valence electrons. The van der Waals surface area contributed by atoms with Gasteiger partial charge in [-0.05, 0) is 60.2 Å². The first kappa shape index (κ1) is 25.5. The van der Waals surface area contributed by atoms with E-state index in [1.165, 1.54) is 77.0 Å². The summed E-state index contributed by atoms with van der Waals surface area (Å²) in [6.45, 7) is 4.67. The van der Waals surface area contributed by atoms with E-state index in [2.05, 4.69) is 29.8 Å². The van der Waals surface area contributed by atoms with E-state index in [0.29, 0.717) is 13.0 Å². The number of thiophene rings is 2. The van der Waals surface area contributed by atoms with Crippen molar-refractivity contribution >= 4 is 28.6 Å². The van der Waals surface area contributed by atoms with Crippen molar-refractivity contribution in [2.75, 3.05) is 6.61 Å². The molecule has 2 aromatic rings. The molecule has 0 saturated heterocycles. The Morgan fingerprint density at radius 2 is 1.25 bits per heavy atom. The van der Waals surface area contributed by atoms with Crippen molar-refractivity contribution in [2.24, 2.45) is 0 Å². The second-order valence-corrected chi connectivity index (χ2v) is 11.2. The number of hydrogen-bond donors (Lipinski definition) is 0. The molecule has 0 saturated carbocycles. The minimum atomic E-state index is -0.0384. The maximum absolute atomic E-state index is 11.5. The number of carbonyl (C=O) groups excluding carboxylic acids is 1. The molecule has 1 aliphatic carbocycles. The van der Waals surface area contributed by atoms with E-state index in [1.54, 1.807) is 20.9 Å². The summed E-state index contributed by atoms with van der Waals surface area (Å²) in [6, 6.07) is 4.86. The van der Waals surface area contributed by atoms with E-state index < -0.39 is 0 Å². The van der Waals surface area contributed by atoms with Crippen LogP contribution in [-0.4, -0.2) is 12.6 Å². The average Bonchev–Trinajstić information content (AvgIpc) is 3.50. The van der Waals surface area contributed by atoms with Gasteiger partial charge in [-0.25, -0.2) is 0 Å². The van der Waals surface area contributed by atoms with E-state index in [1.807, 2.05) is 29.6 Å². The van der Waals surface area contributed by atoms with Gasteiger partial charge in [-0.2, -0.15) is 0 Å². The zero-order valence-corrected chi connectivity index (χ0v) is 21.9. The highest BCUT2D eigenvalue weighted by atomic mass is 32.1. The molecule has 0 spiro atoms. The summed E-state index contributed by atoms with van der Waals surface area (Å²) in [6.07, 6.45) is 18.6. The summed E-state index contributed by atoms with van der Waals surface area (Å²) in [5.41, 5.74) is 3.53. The monoisotopic (exact) mass is 474 g/mol. The Hall–Kier alpha value is -1.13. The quantitative estimate of drug-likeness (QED) is 0.168. The van der Waals surface area contributed by atoms with Crippen LogP contribution in [0.4, 0.5) is 0 Å². The number of rotatable bonds is 17. The molecule has 0 unspecified atom stereocenters. The molecule has 2 aromatic heterocycles. The maximum Gasteiger partial charge on any atom is 0.305 e. The molecule has 0 aliphatic heterocycles. The van der Waals surface area contributed by atoms with E-state index in [9.17, 15) is 4.79 Å². The van der Waals surface area contributed by atoms with Crippen LogP contribution in [0.1, 0.15) is 121 Å². The molecule has 1 aliphatic rings. The minimum Gasteiger partial charge on any atom is -0.466 e. The molecule has 0 radical (unpaired) electrons. The average molecular weight is 475 g/mol. The predicted octanol–water partition coefficient (Wildman–Crippen LogP) is 9.51. The smallest absolute Gasteiger partial charge is 0.305 e. The highest BCUT2D eigenvalue weighted by Crippen LogP contribution is 2.57. The van der Waals surface area contributed by atoms with Crippen LogP contribution in [0.15, 0.2) is 22.9 Å². The number of hydrogen-bond acceptors (Lipinski definition) is 4. The Morgan fingerprint density at radius 3 is 1.78 bits per heavy atom. The summed E-state index contributed by atoms with van der Waals surface area (Å²) >= 11 is 3.89. The highest BCUT2D eigenvalue weighted by molar-refractivity contribution is 7.21. The van der Waals surface area contributed by atoms with Gasteiger partial charge in [-0.1, -0.05) is 77.6 Å². The van der Waals surface area contributed by atoms with Crippen LogP contribution >= 0.6 is 22.7 Å². The zero-order chi connectivity index (χ0) is 22.7. The SMILES string of the molecule is CCCCCCCCC1(CCCCCCCCC(=O)OCC)c2ccsc2-c2sccc21. The Morgan fingerprint density at radius 1 is 0.750 bits per heavy atom. The maximum atomic E-state index is 11.5. The highest BCUT2D eigenvalue weighted by Gasteiger charge is 2.43. The molecule has 0 amide bonds. The lowest BCUT2D eigenvalue weighted by Gasteiger charge is -2.31. The first-order valence-corrected chi connectivity index (χ1v) is 14.8. The summed E-state index contributed by atoms with van der Waals surface area (Å²) in [5, 5.41) is 4.62. The van der Waals surface area contributed by atoms with Gasteiger partial charge >= 0.3 is 5.97 Å². The Balaban J connectivity index is 1.49. The number of unbranched alkanes of at least 4 members (excludes halogenated alkanes) is 10. The lowest BCUT2D eigenvalue weighted by atomic mass is 9.71. The number of fused-ring (bicyclic) bond motifs is 3. The van der Waals surface area contributed by atoms with Crippen molar-refractivity contribution in [1.29, 1.82) is 0 Å². The van der Waals surface area contributed by atoms with Gasteiger partial charge in [0.2, 0.25) is 0 Å². The molecule has 4 heteroatoms. The van der Waals surface area contributed by atoms with Gasteiger partial charge in [0.15, 0.2) is 0 Å². The van der Waals surface area contributed by atoms with Crippen molar-refractivity contribution in [3.8, 4) is 9.75 Å². The lowest BCUT2D eigenvalue weighted by Crippen LogP contribution is -2.24. The van der Waals surface area contributed by atoms with E-state index in [0.717, 1.165) is 12.8 Å². The molecular formula is C28H42O2S2. The van der Waals surface area contributed by atoms with Crippen molar-refractivity contribution in [1.82, 2.24) is 0 Å². The third-order valence-corrected chi connectivity index (χ3v) is 9.06. The second kappa shape index (κ2) is 13.5. The molecule has 0 atom stereocenters. The van der Waals surface area contributed by atoms with Crippen LogP contribution in [0.2, 0.25) is 0 Å². The Kier molecular flexibility index (Phi) is 10.8. The fraction of sp³-hybridized carbons (Fsp3) is 0.679. The van der Waals surface area contributed by atoms with Gasteiger partial charge in [0.1, 0.15) is 0 Å². The van der Waals surface area contributed by atoms with Gasteiger partial charge < -0.3 is 4.74 Å². The van der Waals surface area contributed by atoms with Crippen LogP contribution in [0.3, 0.4) is 0 Å². The summed E-state index contributed by atoms with van der Waals surface area (Å²) in [5.74, 6) is -0.0384. The van der Waals surface area contributed by atoms with E-state index in [-0.39, 0.29) is 11.4 Å². The summed E-state index contributed by atoms with van der Waals surface area (Å²) in [4.78, 5) is 14.6. The Labute approximate surface area is 203 Å². The number of carbonyl (C=O) groups is 1. The van der Waals surface area contributed by atoms with Gasteiger partial charge in [-0.15, -0.1) is 22.7 Å². The largest absolute Gasteiger partial charge is 0.466 e. The lowest BCUT2D eigenvalue weighted by molar-refractivity contribution is -0.143. The van der Waals surface area contributed by atoms with E-state index >= 15 is 0 Å². The van der Waals surface area contributed by atoms with Gasteiger partial charge in [0.25, 0.3) is 0 Å². The molecule has 0 bridgehead atoms. The van der Waals surface area contributed by atoms with Gasteiger partial charge in [0.05, 0.1) is 6.61 Å². The van der Waals surface area contributed by atoms with Gasteiger partial charge in [-0.3, -0.25) is 4.79 Å². The van der Waals surface area contributed by atoms with Crippen molar-refractivity contribution < 1.29 is 9.53 Å². The molecule has 2 heterocycles. The van der Waals surface area contributed by atoms with Crippen LogP contribution in [0.5, 0.6) is 0 Å². The predicted molar refractivity (Wildman–Crippen MR) is 140 cm³/mol. The first-order chi connectivity index (χ1) is 15.7. The third-order valence-electron chi connectivity index (χ3n) is 7.06. The molecule has 0 fully saturated rings. The summed E-state index contributed by atoms with van der Waals surface area (Å²) in [7, 11) is 0. The summed E-state index contributed by atoms with van der Waals surface area (Å²) < 4.78 is 5.02. The fourth-order valence-corrected chi connectivity index (χ4v) is 7.56. The molecular weight excluding hydrogens is 432 g/mol. The minimum absolute atomic E-state index is 0.0384. The van der Waals surface area contributed by atoms with Crippen LogP contribution < -0.4 is 0 Å². The number of ether oxygens (including phenoxy) is 1. The number of esters is 1. The van der Waals surface area contributed by atoms with Gasteiger partial charge in [0, 0.05) is 21.6 Å². The molecule has 0 aromatic carbocycles. The van der Waals surface area contributed by atoms with Crippen molar-refractivity contribution in [2.45, 2.75) is 116 Å².